The van der Waals surface area contributed by atoms with Crippen LogP contribution in [0, 0.1) is 0 Å². The molecule has 3 heteroatoms. The molecule has 1 aliphatic carbocycles. The maximum atomic E-state index is 11.7. The average Bonchev–Trinajstić information content (AvgIpc) is 2.72. The second-order valence-electron chi connectivity index (χ2n) is 4.96. The summed E-state index contributed by atoms with van der Waals surface area (Å²) in [5.41, 5.74) is 2.82. The highest BCUT2D eigenvalue weighted by Crippen LogP contribution is 2.34. The van der Waals surface area contributed by atoms with Crippen LogP contribution in [0.4, 0.5) is 0 Å². The van der Waals surface area contributed by atoms with Crippen molar-refractivity contribution >= 4 is 5.91 Å². The van der Waals surface area contributed by atoms with Crippen molar-refractivity contribution < 1.29 is 4.79 Å². The summed E-state index contributed by atoms with van der Waals surface area (Å²) in [7, 11) is 5.64. The van der Waals surface area contributed by atoms with E-state index in [-0.39, 0.29) is 5.91 Å². The molecule has 1 aromatic carbocycles. The molecule has 3 nitrogen and oxygen atoms in total. The van der Waals surface area contributed by atoms with Gasteiger partial charge in [-0.25, -0.2) is 0 Å². The summed E-state index contributed by atoms with van der Waals surface area (Å²) >= 11 is 0. The van der Waals surface area contributed by atoms with Gasteiger partial charge in [0.2, 0.25) is 5.91 Å². The predicted octanol–water partition coefficient (Wildman–Crippen LogP) is 1.69. The number of fused-ring (bicyclic) bond motifs is 1. The van der Waals surface area contributed by atoms with Gasteiger partial charge in [0.15, 0.2) is 0 Å². The van der Waals surface area contributed by atoms with Crippen LogP contribution in [0.1, 0.15) is 23.6 Å². The van der Waals surface area contributed by atoms with Gasteiger partial charge in [0.05, 0.1) is 6.54 Å². The molecule has 1 aliphatic rings. The van der Waals surface area contributed by atoms with E-state index in [0.29, 0.717) is 12.6 Å². The van der Waals surface area contributed by atoms with Crippen molar-refractivity contribution in [1.29, 1.82) is 0 Å². The molecule has 2 rings (SSSR count). The minimum atomic E-state index is 0.164. The largest absolute Gasteiger partial charge is 0.348 e. The maximum absolute atomic E-state index is 11.7. The monoisotopic (exact) mass is 232 g/mol. The first-order valence-electron chi connectivity index (χ1n) is 6.08. The summed E-state index contributed by atoms with van der Waals surface area (Å²) in [5, 5.41) is 0. The maximum Gasteiger partial charge on any atom is 0.236 e. The molecule has 0 spiro atoms. The Morgan fingerprint density at radius 3 is 2.71 bits per heavy atom. The van der Waals surface area contributed by atoms with Crippen LogP contribution < -0.4 is 0 Å². The summed E-state index contributed by atoms with van der Waals surface area (Å²) in [6.45, 7) is 0.492. The quantitative estimate of drug-likeness (QED) is 0.792. The Hall–Kier alpha value is -1.35. The van der Waals surface area contributed by atoms with Crippen LogP contribution in [-0.4, -0.2) is 43.4 Å². The molecule has 1 amide bonds. The minimum Gasteiger partial charge on any atom is -0.348 e. The number of likely N-dealkylation sites (N-methyl/N-ethyl adjacent to an activating group) is 2. The average molecular weight is 232 g/mol. The van der Waals surface area contributed by atoms with E-state index in [2.05, 4.69) is 29.2 Å². The molecule has 0 bridgehead atoms. The zero-order valence-electron chi connectivity index (χ0n) is 10.8. The highest BCUT2D eigenvalue weighted by atomic mass is 16.2. The smallest absolute Gasteiger partial charge is 0.236 e. The van der Waals surface area contributed by atoms with Crippen molar-refractivity contribution in [2.75, 3.05) is 27.7 Å². The van der Waals surface area contributed by atoms with Crippen LogP contribution in [0.25, 0.3) is 0 Å². The van der Waals surface area contributed by atoms with Crippen LogP contribution in [0.2, 0.25) is 0 Å². The third-order valence-corrected chi connectivity index (χ3v) is 3.52. The molecular weight excluding hydrogens is 212 g/mol. The third-order valence-electron chi connectivity index (χ3n) is 3.52. The van der Waals surface area contributed by atoms with E-state index in [9.17, 15) is 4.79 Å². The van der Waals surface area contributed by atoms with Gasteiger partial charge in [-0.05, 0) is 31.0 Å². The second-order valence-corrected chi connectivity index (χ2v) is 4.96. The Bertz CT molecular complexity index is 414. The van der Waals surface area contributed by atoms with Crippen LogP contribution in [0.15, 0.2) is 24.3 Å². The Morgan fingerprint density at radius 1 is 1.29 bits per heavy atom. The molecule has 0 saturated heterocycles. The van der Waals surface area contributed by atoms with Crippen molar-refractivity contribution in [3.05, 3.63) is 35.4 Å². The Labute approximate surface area is 103 Å². The molecule has 0 fully saturated rings. The highest BCUT2D eigenvalue weighted by molar-refractivity contribution is 5.77. The minimum absolute atomic E-state index is 0.164. The fourth-order valence-corrected chi connectivity index (χ4v) is 2.46. The lowest BCUT2D eigenvalue weighted by molar-refractivity contribution is -0.130. The topological polar surface area (TPSA) is 23.6 Å². The number of carbonyl (C=O) groups is 1. The number of aryl methyl sites for hydroxylation is 1. The van der Waals surface area contributed by atoms with Gasteiger partial charge in [0.1, 0.15) is 0 Å². The number of hydrogen-bond donors (Lipinski definition) is 0. The zero-order chi connectivity index (χ0) is 12.4. The van der Waals surface area contributed by atoms with Crippen molar-refractivity contribution in [3.63, 3.8) is 0 Å². The van der Waals surface area contributed by atoms with E-state index in [4.69, 9.17) is 0 Å². The molecule has 0 heterocycles. The SMILES string of the molecule is CN(C)C(=O)CN(C)C1CCc2ccccc21. The first-order valence-corrected chi connectivity index (χ1v) is 6.08. The Morgan fingerprint density at radius 2 is 2.00 bits per heavy atom. The summed E-state index contributed by atoms with van der Waals surface area (Å²) in [4.78, 5) is 15.5. The molecule has 0 radical (unpaired) electrons. The van der Waals surface area contributed by atoms with E-state index in [1.165, 1.54) is 11.1 Å². The van der Waals surface area contributed by atoms with Gasteiger partial charge >= 0.3 is 0 Å². The number of amides is 1. The van der Waals surface area contributed by atoms with Crippen LogP contribution in [0.5, 0.6) is 0 Å². The molecule has 1 aromatic rings. The van der Waals surface area contributed by atoms with Crippen molar-refractivity contribution in [2.24, 2.45) is 0 Å². The first-order chi connectivity index (χ1) is 8.09. The van der Waals surface area contributed by atoms with Gasteiger partial charge in [-0.2, -0.15) is 0 Å². The number of carbonyl (C=O) groups excluding carboxylic acids is 1. The van der Waals surface area contributed by atoms with Gasteiger partial charge in [-0.15, -0.1) is 0 Å². The fourth-order valence-electron chi connectivity index (χ4n) is 2.46. The summed E-state index contributed by atoms with van der Waals surface area (Å²) in [5.74, 6) is 0.164. The van der Waals surface area contributed by atoms with Crippen LogP contribution in [-0.2, 0) is 11.2 Å². The first kappa shape index (κ1) is 12.1. The summed E-state index contributed by atoms with van der Waals surface area (Å²) < 4.78 is 0. The van der Waals surface area contributed by atoms with Gasteiger partial charge in [0.25, 0.3) is 0 Å². The highest BCUT2D eigenvalue weighted by Gasteiger charge is 2.26. The molecule has 1 unspecified atom stereocenters. The van der Waals surface area contributed by atoms with E-state index in [0.717, 1.165) is 12.8 Å². The van der Waals surface area contributed by atoms with Gasteiger partial charge in [-0.1, -0.05) is 24.3 Å². The number of benzene rings is 1. The lowest BCUT2D eigenvalue weighted by Gasteiger charge is -2.25. The zero-order valence-corrected chi connectivity index (χ0v) is 10.8. The lowest BCUT2D eigenvalue weighted by atomic mass is 10.1. The van der Waals surface area contributed by atoms with Crippen LogP contribution in [0.3, 0.4) is 0 Å². The van der Waals surface area contributed by atoms with Crippen LogP contribution >= 0.6 is 0 Å². The van der Waals surface area contributed by atoms with Crippen molar-refractivity contribution in [2.45, 2.75) is 18.9 Å². The third kappa shape index (κ3) is 2.50. The van der Waals surface area contributed by atoms with Gasteiger partial charge in [0, 0.05) is 20.1 Å². The van der Waals surface area contributed by atoms with E-state index >= 15 is 0 Å². The van der Waals surface area contributed by atoms with Crippen molar-refractivity contribution in [1.82, 2.24) is 9.80 Å². The molecule has 0 saturated carbocycles. The number of rotatable bonds is 3. The summed E-state index contributed by atoms with van der Waals surface area (Å²) in [6, 6.07) is 8.95. The summed E-state index contributed by atoms with van der Waals surface area (Å²) in [6.07, 6.45) is 2.25. The number of hydrogen-bond acceptors (Lipinski definition) is 2. The van der Waals surface area contributed by atoms with E-state index in [1.54, 1.807) is 19.0 Å². The lowest BCUT2D eigenvalue weighted by Crippen LogP contribution is -2.35. The second kappa shape index (κ2) is 4.88. The Balaban J connectivity index is 2.07. The molecule has 1 atom stereocenters. The van der Waals surface area contributed by atoms with E-state index < -0.39 is 0 Å². The fraction of sp³-hybridized carbons (Fsp3) is 0.500. The predicted molar refractivity (Wildman–Crippen MR) is 68.8 cm³/mol. The molecular formula is C14H20N2O. The molecule has 0 N–H and O–H groups in total. The number of nitrogens with zero attached hydrogens (tertiary/aromatic N) is 2. The van der Waals surface area contributed by atoms with Gasteiger partial charge < -0.3 is 4.90 Å². The standard InChI is InChI=1S/C14H20N2O/c1-15(2)14(17)10-16(3)13-9-8-11-6-4-5-7-12(11)13/h4-7,13H,8-10H2,1-3H3. The molecule has 0 aromatic heterocycles. The molecule has 17 heavy (non-hydrogen) atoms. The normalized spacial score (nSPS) is 18.2. The molecule has 92 valence electrons. The van der Waals surface area contributed by atoms with Crippen molar-refractivity contribution in [3.8, 4) is 0 Å². The Kier molecular flexibility index (Phi) is 3.48. The van der Waals surface area contributed by atoms with Gasteiger partial charge in [-0.3, -0.25) is 9.69 Å². The van der Waals surface area contributed by atoms with E-state index in [1.807, 2.05) is 7.05 Å². The molecule has 0 aliphatic heterocycles.